The van der Waals surface area contributed by atoms with E-state index in [1.54, 1.807) is 0 Å². The van der Waals surface area contributed by atoms with Gasteiger partial charge in [-0.2, -0.15) is 0 Å². The van der Waals surface area contributed by atoms with E-state index in [4.69, 9.17) is 9.47 Å². The van der Waals surface area contributed by atoms with Crippen molar-refractivity contribution in [2.45, 2.75) is 32.2 Å². The third-order valence-corrected chi connectivity index (χ3v) is 4.24. The van der Waals surface area contributed by atoms with E-state index in [9.17, 15) is 0 Å². The van der Waals surface area contributed by atoms with Crippen molar-refractivity contribution >= 4 is 0 Å². The summed E-state index contributed by atoms with van der Waals surface area (Å²) in [5, 5.41) is 3.54. The van der Waals surface area contributed by atoms with Crippen LogP contribution in [0.3, 0.4) is 0 Å². The number of ether oxygens (including phenoxy) is 2. The number of hydrogen-bond donors (Lipinski definition) is 1. The summed E-state index contributed by atoms with van der Waals surface area (Å²) >= 11 is 0. The fraction of sp³-hybridized carbons (Fsp3) is 0.647. The molecule has 0 spiro atoms. The summed E-state index contributed by atoms with van der Waals surface area (Å²) in [5.41, 5.74) is 1.26. The lowest BCUT2D eigenvalue weighted by molar-refractivity contribution is 0.171. The summed E-state index contributed by atoms with van der Waals surface area (Å²) < 4.78 is 11.2. The molecule has 1 aromatic rings. The van der Waals surface area contributed by atoms with Crippen LogP contribution in [0.4, 0.5) is 0 Å². The average Bonchev–Trinajstić information content (AvgIpc) is 2.80. The van der Waals surface area contributed by atoms with Gasteiger partial charge in [-0.15, -0.1) is 0 Å². The molecular weight excluding hydrogens is 264 g/mol. The molecule has 1 aromatic carbocycles. The molecule has 0 atom stereocenters. The first-order valence-corrected chi connectivity index (χ1v) is 8.23. The van der Waals surface area contributed by atoms with E-state index in [1.165, 1.54) is 44.3 Å². The van der Waals surface area contributed by atoms with Gasteiger partial charge >= 0.3 is 0 Å². The summed E-state index contributed by atoms with van der Waals surface area (Å²) in [4.78, 5) is 2.59. The Morgan fingerprint density at radius 3 is 2.52 bits per heavy atom. The van der Waals surface area contributed by atoms with Crippen LogP contribution in [0.25, 0.3) is 0 Å². The molecule has 2 aliphatic heterocycles. The lowest BCUT2D eigenvalue weighted by Gasteiger charge is -2.20. The first kappa shape index (κ1) is 14.7. The van der Waals surface area contributed by atoms with Crippen LogP contribution in [-0.2, 0) is 6.54 Å². The van der Waals surface area contributed by atoms with Crippen LogP contribution in [0.5, 0.6) is 11.5 Å². The van der Waals surface area contributed by atoms with Gasteiger partial charge in [-0.3, -0.25) is 0 Å². The van der Waals surface area contributed by atoms with Crippen molar-refractivity contribution in [1.29, 1.82) is 0 Å². The first-order chi connectivity index (χ1) is 10.4. The predicted octanol–water partition coefficient (Wildman–Crippen LogP) is 2.42. The van der Waals surface area contributed by atoms with Crippen molar-refractivity contribution in [3.8, 4) is 11.5 Å². The fourth-order valence-electron chi connectivity index (χ4n) is 3.03. The Kier molecular flexibility index (Phi) is 5.35. The van der Waals surface area contributed by atoms with Crippen LogP contribution >= 0.6 is 0 Å². The molecule has 4 nitrogen and oxygen atoms in total. The largest absolute Gasteiger partial charge is 0.486 e. The standard InChI is InChI=1S/C17H26N2O2/c1-2-4-9-19(8-3-1)10-7-18-14-15-5-6-16-17(13-15)21-12-11-20-16/h5-6,13,18H,1-4,7-12,14H2. The zero-order chi connectivity index (χ0) is 14.3. The number of nitrogens with zero attached hydrogens (tertiary/aromatic N) is 1. The Morgan fingerprint density at radius 1 is 0.952 bits per heavy atom. The highest BCUT2D eigenvalue weighted by Crippen LogP contribution is 2.30. The third kappa shape index (κ3) is 4.35. The Hall–Kier alpha value is -1.26. The Balaban J connectivity index is 1.40. The summed E-state index contributed by atoms with van der Waals surface area (Å²) in [5.74, 6) is 1.75. The molecule has 21 heavy (non-hydrogen) atoms. The van der Waals surface area contributed by atoms with Gasteiger partial charge in [-0.1, -0.05) is 18.9 Å². The van der Waals surface area contributed by atoms with Crippen LogP contribution in [0, 0.1) is 0 Å². The van der Waals surface area contributed by atoms with E-state index in [1.807, 2.05) is 6.07 Å². The molecule has 1 saturated heterocycles. The highest BCUT2D eigenvalue weighted by atomic mass is 16.6. The highest BCUT2D eigenvalue weighted by Gasteiger charge is 2.11. The number of nitrogens with one attached hydrogen (secondary N) is 1. The Bertz CT molecular complexity index is 442. The SMILES string of the molecule is c1cc2c(cc1CNCCN1CCCCCC1)OCCO2. The summed E-state index contributed by atoms with van der Waals surface area (Å²) in [6.07, 6.45) is 5.53. The Labute approximate surface area is 127 Å². The van der Waals surface area contributed by atoms with Crippen molar-refractivity contribution in [2.24, 2.45) is 0 Å². The molecule has 1 N–H and O–H groups in total. The number of hydrogen-bond acceptors (Lipinski definition) is 4. The molecule has 116 valence electrons. The lowest BCUT2D eigenvalue weighted by Crippen LogP contribution is -2.32. The molecular formula is C17H26N2O2. The predicted molar refractivity (Wildman–Crippen MR) is 84.0 cm³/mol. The normalized spacial score (nSPS) is 19.2. The number of fused-ring (bicyclic) bond motifs is 1. The van der Waals surface area contributed by atoms with Gasteiger partial charge in [0.2, 0.25) is 0 Å². The molecule has 1 fully saturated rings. The molecule has 0 unspecified atom stereocenters. The van der Waals surface area contributed by atoms with Gasteiger partial charge in [0.05, 0.1) is 0 Å². The average molecular weight is 290 g/mol. The minimum Gasteiger partial charge on any atom is -0.486 e. The zero-order valence-corrected chi connectivity index (χ0v) is 12.8. The van der Waals surface area contributed by atoms with Gasteiger partial charge in [-0.05, 0) is 43.6 Å². The van der Waals surface area contributed by atoms with Gasteiger partial charge in [0.1, 0.15) is 13.2 Å². The molecule has 2 heterocycles. The van der Waals surface area contributed by atoms with Gasteiger partial charge in [-0.25, -0.2) is 0 Å². The summed E-state index contributed by atoms with van der Waals surface area (Å²) in [6.45, 7) is 6.94. The maximum Gasteiger partial charge on any atom is 0.161 e. The van der Waals surface area contributed by atoms with Crippen LogP contribution in [0.15, 0.2) is 18.2 Å². The monoisotopic (exact) mass is 290 g/mol. The second kappa shape index (κ2) is 7.66. The van der Waals surface area contributed by atoms with Crippen molar-refractivity contribution in [3.05, 3.63) is 23.8 Å². The summed E-state index contributed by atoms with van der Waals surface area (Å²) in [7, 11) is 0. The second-order valence-electron chi connectivity index (χ2n) is 5.91. The molecule has 0 amide bonds. The zero-order valence-electron chi connectivity index (χ0n) is 12.8. The van der Waals surface area contributed by atoms with E-state index < -0.39 is 0 Å². The molecule has 0 aromatic heterocycles. The van der Waals surface area contributed by atoms with Crippen molar-refractivity contribution in [2.75, 3.05) is 39.4 Å². The lowest BCUT2D eigenvalue weighted by atomic mass is 10.2. The van der Waals surface area contributed by atoms with E-state index in [0.717, 1.165) is 31.1 Å². The molecule has 0 saturated carbocycles. The Morgan fingerprint density at radius 2 is 1.71 bits per heavy atom. The van der Waals surface area contributed by atoms with Crippen LogP contribution in [-0.4, -0.2) is 44.3 Å². The van der Waals surface area contributed by atoms with E-state index >= 15 is 0 Å². The smallest absolute Gasteiger partial charge is 0.161 e. The molecule has 2 aliphatic rings. The summed E-state index contributed by atoms with van der Waals surface area (Å²) in [6, 6.07) is 6.22. The maximum absolute atomic E-state index is 5.62. The highest BCUT2D eigenvalue weighted by molar-refractivity contribution is 5.43. The van der Waals surface area contributed by atoms with Crippen LogP contribution in [0.1, 0.15) is 31.2 Å². The quantitative estimate of drug-likeness (QED) is 0.845. The minimum atomic E-state index is 0.652. The molecule has 0 aliphatic carbocycles. The van der Waals surface area contributed by atoms with Crippen LogP contribution in [0.2, 0.25) is 0 Å². The van der Waals surface area contributed by atoms with Crippen molar-refractivity contribution < 1.29 is 9.47 Å². The maximum atomic E-state index is 5.62. The topological polar surface area (TPSA) is 33.7 Å². The minimum absolute atomic E-state index is 0.652. The van der Waals surface area contributed by atoms with E-state index in [2.05, 4.69) is 22.3 Å². The number of benzene rings is 1. The molecule has 3 rings (SSSR count). The van der Waals surface area contributed by atoms with Crippen molar-refractivity contribution in [3.63, 3.8) is 0 Å². The molecule has 0 radical (unpaired) electrons. The van der Waals surface area contributed by atoms with Gasteiger partial charge in [0.25, 0.3) is 0 Å². The van der Waals surface area contributed by atoms with Gasteiger partial charge < -0.3 is 19.7 Å². The van der Waals surface area contributed by atoms with Gasteiger partial charge in [0.15, 0.2) is 11.5 Å². The number of likely N-dealkylation sites (tertiary alicyclic amines) is 1. The second-order valence-corrected chi connectivity index (χ2v) is 5.91. The first-order valence-electron chi connectivity index (χ1n) is 8.23. The molecule has 4 heteroatoms. The van der Waals surface area contributed by atoms with Crippen LogP contribution < -0.4 is 14.8 Å². The van der Waals surface area contributed by atoms with E-state index in [-0.39, 0.29) is 0 Å². The van der Waals surface area contributed by atoms with E-state index in [0.29, 0.717) is 13.2 Å². The number of rotatable bonds is 5. The van der Waals surface area contributed by atoms with Crippen molar-refractivity contribution in [1.82, 2.24) is 10.2 Å². The van der Waals surface area contributed by atoms with Gasteiger partial charge in [0, 0.05) is 19.6 Å². The molecule has 0 bridgehead atoms. The third-order valence-electron chi connectivity index (χ3n) is 4.24. The fourth-order valence-corrected chi connectivity index (χ4v) is 3.03.